The highest BCUT2D eigenvalue weighted by atomic mass is 32.2. The molecule has 1 atom stereocenters. The average Bonchev–Trinajstić information content (AvgIpc) is 1.85. The van der Waals surface area contributed by atoms with E-state index >= 15 is 0 Å². The summed E-state index contributed by atoms with van der Waals surface area (Å²) in [6.45, 7) is 5.11. The molecular weight excluding hydrogens is 158 g/mol. The molecule has 0 saturated heterocycles. The molecule has 11 heavy (non-hydrogen) atoms. The number of hydrogen-bond donors (Lipinski definition) is 0. The molecule has 0 saturated carbocycles. The first-order chi connectivity index (χ1) is 4.95. The molecule has 0 rings (SSSR count). The minimum absolute atomic E-state index is 0.709. The van der Waals surface area contributed by atoms with Crippen LogP contribution in [0.25, 0.3) is 0 Å². The Kier molecular flexibility index (Phi) is 4.73. The highest BCUT2D eigenvalue weighted by Gasteiger charge is 1.97. The third kappa shape index (κ3) is 7.85. The van der Waals surface area contributed by atoms with Crippen LogP contribution in [0.15, 0.2) is 4.36 Å². The van der Waals surface area contributed by atoms with Crippen molar-refractivity contribution in [1.29, 1.82) is 0 Å². The summed E-state index contributed by atoms with van der Waals surface area (Å²) in [5, 5.41) is 0. The van der Waals surface area contributed by atoms with E-state index in [0.717, 1.165) is 13.0 Å². The SMILES string of the molecule is CCC(C)CCN=S(C)(C)=O. The van der Waals surface area contributed by atoms with Crippen molar-refractivity contribution in [3.8, 4) is 0 Å². The van der Waals surface area contributed by atoms with Crippen molar-refractivity contribution in [3.05, 3.63) is 0 Å². The Morgan fingerprint density at radius 3 is 2.36 bits per heavy atom. The first-order valence-corrected chi connectivity index (χ1v) is 6.41. The van der Waals surface area contributed by atoms with Gasteiger partial charge in [0.2, 0.25) is 0 Å². The molecule has 0 amide bonds. The lowest BCUT2D eigenvalue weighted by Gasteiger charge is -2.04. The summed E-state index contributed by atoms with van der Waals surface area (Å²) in [4.78, 5) is 0. The third-order valence-electron chi connectivity index (χ3n) is 1.72. The molecule has 2 nitrogen and oxygen atoms in total. The molecule has 68 valence electrons. The maximum absolute atomic E-state index is 11.1. The fourth-order valence-electron chi connectivity index (χ4n) is 0.697. The topological polar surface area (TPSA) is 29.4 Å². The Balaban J connectivity index is 3.66. The minimum atomic E-state index is -1.85. The van der Waals surface area contributed by atoms with Gasteiger partial charge in [-0.2, -0.15) is 0 Å². The molecule has 0 heterocycles. The van der Waals surface area contributed by atoms with Crippen molar-refractivity contribution in [3.63, 3.8) is 0 Å². The quantitative estimate of drug-likeness (QED) is 0.647. The van der Waals surface area contributed by atoms with Crippen molar-refractivity contribution >= 4 is 9.73 Å². The largest absolute Gasteiger partial charge is 0.250 e. The second-order valence-corrected chi connectivity index (χ2v) is 5.96. The molecule has 1 unspecified atom stereocenters. The van der Waals surface area contributed by atoms with Gasteiger partial charge in [0.05, 0.1) is 0 Å². The van der Waals surface area contributed by atoms with Gasteiger partial charge in [0.1, 0.15) is 0 Å². The summed E-state index contributed by atoms with van der Waals surface area (Å²) in [5.41, 5.74) is 0. The molecule has 0 radical (unpaired) electrons. The van der Waals surface area contributed by atoms with Crippen LogP contribution >= 0.6 is 0 Å². The Morgan fingerprint density at radius 1 is 1.45 bits per heavy atom. The first-order valence-electron chi connectivity index (χ1n) is 4.08. The lowest BCUT2D eigenvalue weighted by atomic mass is 10.1. The standard InChI is InChI=1S/C8H19NOS/c1-5-8(2)6-7-9-11(3,4)10/h8H,5-7H2,1-4H3. The molecule has 0 aliphatic carbocycles. The Hall–Kier alpha value is -0.0500. The Bertz CT molecular complexity index is 196. The summed E-state index contributed by atoms with van der Waals surface area (Å²) in [6.07, 6.45) is 5.62. The second-order valence-electron chi connectivity index (χ2n) is 3.34. The molecule has 0 aromatic heterocycles. The fourth-order valence-corrected chi connectivity index (χ4v) is 1.24. The minimum Gasteiger partial charge on any atom is -0.250 e. The van der Waals surface area contributed by atoms with E-state index in [1.807, 2.05) is 0 Å². The zero-order valence-corrected chi connectivity index (χ0v) is 8.78. The van der Waals surface area contributed by atoms with Crippen LogP contribution in [0.3, 0.4) is 0 Å². The molecule has 0 bridgehead atoms. The van der Waals surface area contributed by atoms with Crippen LogP contribution < -0.4 is 0 Å². The summed E-state index contributed by atoms with van der Waals surface area (Å²) < 4.78 is 15.2. The van der Waals surface area contributed by atoms with Gasteiger partial charge in [0, 0.05) is 28.8 Å². The first kappa shape index (κ1) is 11.0. The maximum atomic E-state index is 11.1. The number of hydrogen-bond acceptors (Lipinski definition) is 2. The van der Waals surface area contributed by atoms with Crippen molar-refractivity contribution in [1.82, 2.24) is 0 Å². The van der Waals surface area contributed by atoms with Gasteiger partial charge >= 0.3 is 0 Å². The van der Waals surface area contributed by atoms with Crippen LogP contribution in [-0.2, 0) is 9.73 Å². The van der Waals surface area contributed by atoms with Crippen LogP contribution in [0.1, 0.15) is 26.7 Å². The van der Waals surface area contributed by atoms with Crippen molar-refractivity contribution in [2.24, 2.45) is 10.3 Å². The maximum Gasteiger partial charge on any atom is 0.0486 e. The van der Waals surface area contributed by atoms with Gasteiger partial charge in [0.15, 0.2) is 0 Å². The van der Waals surface area contributed by atoms with E-state index in [1.54, 1.807) is 12.5 Å². The second kappa shape index (κ2) is 4.75. The smallest absolute Gasteiger partial charge is 0.0486 e. The Labute approximate surface area is 70.6 Å². The van der Waals surface area contributed by atoms with Crippen LogP contribution in [0, 0.1) is 5.92 Å². The molecule has 0 aliphatic heterocycles. The van der Waals surface area contributed by atoms with Gasteiger partial charge in [0.25, 0.3) is 0 Å². The highest BCUT2D eigenvalue weighted by molar-refractivity contribution is 7.92. The van der Waals surface area contributed by atoms with E-state index in [-0.39, 0.29) is 0 Å². The lowest BCUT2D eigenvalue weighted by Crippen LogP contribution is -1.98. The molecule has 0 aliphatic rings. The molecule has 0 aromatic rings. The molecule has 0 fully saturated rings. The molecule has 0 aromatic carbocycles. The van der Waals surface area contributed by atoms with E-state index in [4.69, 9.17) is 0 Å². The van der Waals surface area contributed by atoms with E-state index in [1.165, 1.54) is 6.42 Å². The van der Waals surface area contributed by atoms with Crippen LogP contribution in [0.5, 0.6) is 0 Å². The highest BCUT2D eigenvalue weighted by Crippen LogP contribution is 2.06. The molecule has 0 N–H and O–H groups in total. The lowest BCUT2D eigenvalue weighted by molar-refractivity contribution is 0.525. The van der Waals surface area contributed by atoms with E-state index in [0.29, 0.717) is 5.92 Å². The number of rotatable bonds is 4. The molecular formula is C8H19NOS. The fraction of sp³-hybridized carbons (Fsp3) is 1.00. The van der Waals surface area contributed by atoms with E-state index in [9.17, 15) is 4.21 Å². The van der Waals surface area contributed by atoms with E-state index in [2.05, 4.69) is 18.2 Å². The molecule has 0 spiro atoms. The van der Waals surface area contributed by atoms with Crippen LogP contribution in [-0.4, -0.2) is 23.3 Å². The average molecular weight is 177 g/mol. The van der Waals surface area contributed by atoms with Gasteiger partial charge in [-0.05, 0) is 12.3 Å². The predicted molar refractivity (Wildman–Crippen MR) is 51.4 cm³/mol. The van der Waals surface area contributed by atoms with Crippen LogP contribution in [0.4, 0.5) is 0 Å². The van der Waals surface area contributed by atoms with E-state index < -0.39 is 9.73 Å². The van der Waals surface area contributed by atoms with Crippen molar-refractivity contribution < 1.29 is 4.21 Å². The molecule has 3 heteroatoms. The van der Waals surface area contributed by atoms with Gasteiger partial charge < -0.3 is 0 Å². The van der Waals surface area contributed by atoms with Gasteiger partial charge in [-0.1, -0.05) is 20.3 Å². The van der Waals surface area contributed by atoms with Gasteiger partial charge in [-0.3, -0.25) is 4.21 Å². The van der Waals surface area contributed by atoms with Gasteiger partial charge in [-0.25, -0.2) is 4.36 Å². The van der Waals surface area contributed by atoms with Crippen molar-refractivity contribution in [2.75, 3.05) is 19.1 Å². The number of nitrogens with zero attached hydrogens (tertiary/aromatic N) is 1. The Morgan fingerprint density at radius 2 is 2.00 bits per heavy atom. The van der Waals surface area contributed by atoms with Crippen LogP contribution in [0.2, 0.25) is 0 Å². The summed E-state index contributed by atoms with van der Waals surface area (Å²) in [5.74, 6) is 0.709. The summed E-state index contributed by atoms with van der Waals surface area (Å²) in [7, 11) is -1.85. The zero-order chi connectivity index (χ0) is 8.91. The van der Waals surface area contributed by atoms with Gasteiger partial charge in [-0.15, -0.1) is 0 Å². The third-order valence-corrected chi connectivity index (χ3v) is 2.53. The summed E-state index contributed by atoms with van der Waals surface area (Å²) >= 11 is 0. The monoisotopic (exact) mass is 177 g/mol. The normalized spacial score (nSPS) is 14.5. The van der Waals surface area contributed by atoms with Crippen molar-refractivity contribution in [2.45, 2.75) is 26.7 Å². The zero-order valence-electron chi connectivity index (χ0n) is 7.96. The predicted octanol–water partition coefficient (Wildman–Crippen LogP) is 2.15. The summed E-state index contributed by atoms with van der Waals surface area (Å²) in [6, 6.07) is 0.